The van der Waals surface area contributed by atoms with E-state index in [0.29, 0.717) is 17.4 Å². The maximum Gasteiger partial charge on any atom is 0.229 e. The Balaban J connectivity index is 1.98. The summed E-state index contributed by atoms with van der Waals surface area (Å²) in [7, 11) is 1.58. The van der Waals surface area contributed by atoms with Crippen molar-refractivity contribution in [1.29, 1.82) is 0 Å². The summed E-state index contributed by atoms with van der Waals surface area (Å²) in [4.78, 5) is 23.2. The lowest BCUT2D eigenvalue weighted by Gasteiger charge is -2.45. The number of carbonyl (C=O) groups excluding carboxylic acids is 1. The Morgan fingerprint density at radius 3 is 2.50 bits per heavy atom. The summed E-state index contributed by atoms with van der Waals surface area (Å²) in [5.74, 6) is 1.01. The number of methoxy groups -OCH3 is 1. The molecule has 1 amide bonds. The van der Waals surface area contributed by atoms with Gasteiger partial charge in [-0.1, -0.05) is 27.2 Å². The molecule has 1 fully saturated rings. The summed E-state index contributed by atoms with van der Waals surface area (Å²) in [5, 5.41) is 2.93. The monoisotopic (exact) mass is 386 g/mol. The first kappa shape index (κ1) is 20.0. The van der Waals surface area contributed by atoms with Crippen LogP contribution in [0, 0.1) is 5.41 Å². The SMILES string of the molecule is COc1cc(N2C(N)=NC(N)=NC23CCCCC3)ccc1NC(=O)C(C)(C)C. The van der Waals surface area contributed by atoms with Crippen molar-refractivity contribution in [2.24, 2.45) is 26.9 Å². The lowest BCUT2D eigenvalue weighted by Crippen LogP contribution is -2.58. The second kappa shape index (κ2) is 7.33. The zero-order valence-corrected chi connectivity index (χ0v) is 17.1. The fourth-order valence-electron chi connectivity index (χ4n) is 3.73. The standard InChI is InChI=1S/C20H30N6O2/c1-19(2,3)16(27)23-14-9-8-13(12-15(14)28-4)26-18(22)24-17(21)25-20(26)10-6-5-7-11-20/h8-9,12H,5-7,10-11H2,1-4H3,(H,23,27)(H4,21,22,24,25). The fraction of sp³-hybridized carbons (Fsp3) is 0.550. The molecule has 1 saturated carbocycles. The van der Waals surface area contributed by atoms with Gasteiger partial charge in [-0.25, -0.2) is 4.99 Å². The van der Waals surface area contributed by atoms with Gasteiger partial charge in [0.2, 0.25) is 17.8 Å². The molecule has 5 N–H and O–H groups in total. The van der Waals surface area contributed by atoms with Gasteiger partial charge in [0.15, 0.2) is 0 Å². The quantitative estimate of drug-likeness (QED) is 0.738. The van der Waals surface area contributed by atoms with E-state index in [2.05, 4.69) is 15.3 Å². The van der Waals surface area contributed by atoms with Gasteiger partial charge in [-0.05, 0) is 37.8 Å². The first-order chi connectivity index (χ1) is 13.2. The molecule has 0 atom stereocenters. The number of rotatable bonds is 3. The Hall–Kier alpha value is -2.77. The van der Waals surface area contributed by atoms with E-state index in [1.54, 1.807) is 7.11 Å². The zero-order valence-electron chi connectivity index (χ0n) is 17.1. The molecule has 1 spiro atoms. The van der Waals surface area contributed by atoms with E-state index in [1.165, 1.54) is 6.42 Å². The smallest absolute Gasteiger partial charge is 0.229 e. The van der Waals surface area contributed by atoms with Gasteiger partial charge in [0.25, 0.3) is 0 Å². The van der Waals surface area contributed by atoms with E-state index >= 15 is 0 Å². The number of nitrogens with two attached hydrogens (primary N) is 2. The van der Waals surface area contributed by atoms with Crippen LogP contribution in [0.5, 0.6) is 5.75 Å². The predicted molar refractivity (Wildman–Crippen MR) is 113 cm³/mol. The highest BCUT2D eigenvalue weighted by atomic mass is 16.5. The van der Waals surface area contributed by atoms with Crippen molar-refractivity contribution < 1.29 is 9.53 Å². The van der Waals surface area contributed by atoms with Crippen LogP contribution in [0.25, 0.3) is 0 Å². The second-order valence-electron chi connectivity index (χ2n) is 8.41. The van der Waals surface area contributed by atoms with Crippen LogP contribution < -0.4 is 26.4 Å². The summed E-state index contributed by atoms with van der Waals surface area (Å²) in [5.41, 5.74) is 12.6. The van der Waals surface area contributed by atoms with Crippen molar-refractivity contribution in [1.82, 2.24) is 0 Å². The summed E-state index contributed by atoms with van der Waals surface area (Å²) in [6.07, 6.45) is 4.99. The molecule has 0 aromatic heterocycles. The molecule has 0 radical (unpaired) electrons. The third kappa shape index (κ3) is 3.76. The topological polar surface area (TPSA) is 118 Å². The minimum atomic E-state index is -0.518. The minimum absolute atomic E-state index is 0.0845. The predicted octanol–water partition coefficient (Wildman–Crippen LogP) is 2.79. The fourth-order valence-corrected chi connectivity index (χ4v) is 3.73. The van der Waals surface area contributed by atoms with Crippen LogP contribution in [0.2, 0.25) is 0 Å². The molecular weight excluding hydrogens is 356 g/mol. The van der Waals surface area contributed by atoms with Gasteiger partial charge in [0, 0.05) is 11.5 Å². The molecule has 8 heteroatoms. The molecule has 0 unspecified atom stereocenters. The number of nitrogens with zero attached hydrogens (tertiary/aromatic N) is 3. The minimum Gasteiger partial charge on any atom is -0.494 e. The largest absolute Gasteiger partial charge is 0.494 e. The molecule has 2 aliphatic rings. The van der Waals surface area contributed by atoms with Crippen LogP contribution in [0.4, 0.5) is 11.4 Å². The number of hydrogen-bond acceptors (Lipinski definition) is 7. The number of anilines is 2. The lowest BCUT2D eigenvalue weighted by molar-refractivity contribution is -0.123. The average molecular weight is 387 g/mol. The Morgan fingerprint density at radius 2 is 1.89 bits per heavy atom. The van der Waals surface area contributed by atoms with Gasteiger partial charge in [0.05, 0.1) is 18.5 Å². The number of guanidine groups is 2. The molecule has 1 heterocycles. The Bertz CT molecular complexity index is 818. The molecule has 1 aromatic rings. The molecule has 1 aromatic carbocycles. The van der Waals surface area contributed by atoms with Crippen molar-refractivity contribution in [3.63, 3.8) is 0 Å². The van der Waals surface area contributed by atoms with Crippen molar-refractivity contribution in [3.8, 4) is 5.75 Å². The molecule has 1 aliphatic heterocycles. The normalized spacial score (nSPS) is 19.1. The first-order valence-corrected chi connectivity index (χ1v) is 9.65. The number of benzene rings is 1. The van der Waals surface area contributed by atoms with E-state index in [4.69, 9.17) is 16.2 Å². The van der Waals surface area contributed by atoms with Crippen molar-refractivity contribution in [2.75, 3.05) is 17.3 Å². The highest BCUT2D eigenvalue weighted by molar-refractivity contribution is 6.06. The van der Waals surface area contributed by atoms with Gasteiger partial charge >= 0.3 is 0 Å². The van der Waals surface area contributed by atoms with E-state index in [0.717, 1.165) is 31.4 Å². The molecule has 28 heavy (non-hydrogen) atoms. The number of nitrogens with one attached hydrogen (secondary N) is 1. The van der Waals surface area contributed by atoms with Crippen molar-refractivity contribution in [3.05, 3.63) is 18.2 Å². The van der Waals surface area contributed by atoms with E-state index in [9.17, 15) is 4.79 Å². The highest BCUT2D eigenvalue weighted by Gasteiger charge is 2.42. The maximum absolute atomic E-state index is 12.4. The lowest BCUT2D eigenvalue weighted by atomic mass is 9.87. The van der Waals surface area contributed by atoms with Crippen molar-refractivity contribution >= 4 is 29.2 Å². The second-order valence-corrected chi connectivity index (χ2v) is 8.41. The number of carbonyl (C=O) groups is 1. The third-order valence-corrected chi connectivity index (χ3v) is 5.22. The zero-order chi connectivity index (χ0) is 20.5. The summed E-state index contributed by atoms with van der Waals surface area (Å²) >= 11 is 0. The van der Waals surface area contributed by atoms with Crippen LogP contribution in [0.3, 0.4) is 0 Å². The summed E-state index contributed by atoms with van der Waals surface area (Å²) in [6.45, 7) is 5.59. The molecule has 3 rings (SSSR count). The summed E-state index contributed by atoms with van der Waals surface area (Å²) < 4.78 is 5.54. The van der Waals surface area contributed by atoms with E-state index in [-0.39, 0.29) is 11.9 Å². The Morgan fingerprint density at radius 1 is 1.21 bits per heavy atom. The van der Waals surface area contributed by atoms with Gasteiger partial charge in [-0.15, -0.1) is 0 Å². The van der Waals surface area contributed by atoms with Crippen LogP contribution in [0.1, 0.15) is 52.9 Å². The van der Waals surface area contributed by atoms with E-state index < -0.39 is 11.1 Å². The molecule has 152 valence electrons. The number of ether oxygens (including phenoxy) is 1. The molecular formula is C20H30N6O2. The maximum atomic E-state index is 12.4. The number of hydrogen-bond donors (Lipinski definition) is 3. The van der Waals surface area contributed by atoms with E-state index in [1.807, 2.05) is 43.9 Å². The first-order valence-electron chi connectivity index (χ1n) is 9.65. The van der Waals surface area contributed by atoms with Gasteiger partial charge in [-0.2, -0.15) is 4.99 Å². The van der Waals surface area contributed by atoms with Crippen molar-refractivity contribution in [2.45, 2.75) is 58.5 Å². The van der Waals surface area contributed by atoms with Gasteiger partial charge in [0.1, 0.15) is 11.4 Å². The van der Waals surface area contributed by atoms with Crippen LogP contribution in [0.15, 0.2) is 28.2 Å². The Labute approximate surface area is 166 Å². The highest BCUT2D eigenvalue weighted by Crippen LogP contribution is 2.41. The Kier molecular flexibility index (Phi) is 5.23. The summed E-state index contributed by atoms with van der Waals surface area (Å²) in [6, 6.07) is 5.58. The third-order valence-electron chi connectivity index (χ3n) is 5.22. The number of aliphatic imine (C=N–C) groups is 2. The van der Waals surface area contributed by atoms with Crippen LogP contribution >= 0.6 is 0 Å². The molecule has 1 aliphatic carbocycles. The molecule has 8 nitrogen and oxygen atoms in total. The van der Waals surface area contributed by atoms with Gasteiger partial charge < -0.3 is 21.5 Å². The van der Waals surface area contributed by atoms with Gasteiger partial charge in [-0.3, -0.25) is 9.69 Å². The number of amides is 1. The molecule has 0 saturated heterocycles. The average Bonchev–Trinajstić information content (AvgIpc) is 2.61. The van der Waals surface area contributed by atoms with Crippen LogP contribution in [-0.2, 0) is 4.79 Å². The van der Waals surface area contributed by atoms with Crippen LogP contribution in [-0.4, -0.2) is 30.6 Å². The molecule has 0 bridgehead atoms.